The molecule has 20 heteroatoms. The van der Waals surface area contributed by atoms with Crippen molar-refractivity contribution in [2.24, 2.45) is 0 Å². The molecule has 7 atom stereocenters. The Balaban J connectivity index is 1.15. The molecule has 18 nitrogen and oxygen atoms in total. The Hall–Kier alpha value is -3.13. The van der Waals surface area contributed by atoms with Crippen molar-refractivity contribution in [2.45, 2.75) is 49.7 Å². The highest BCUT2D eigenvalue weighted by Gasteiger charge is 2.42. The minimum absolute atomic E-state index is 0.0189. The number of imidazole rings is 2. The van der Waals surface area contributed by atoms with Gasteiger partial charge in [0.15, 0.2) is 28.9 Å². The summed E-state index contributed by atoms with van der Waals surface area (Å²) in [5.74, 6) is 0.0877. The van der Waals surface area contributed by atoms with Gasteiger partial charge in [0.05, 0.1) is 38.1 Å². The Morgan fingerprint density at radius 3 is 2.70 bits per heavy atom. The van der Waals surface area contributed by atoms with Crippen molar-refractivity contribution in [3.8, 4) is 0 Å². The number of nitrogens with one attached hydrogen (secondary N) is 1. The quantitative estimate of drug-likeness (QED) is 0.129. The summed E-state index contributed by atoms with van der Waals surface area (Å²) in [6.07, 6.45) is -0.516. The van der Waals surface area contributed by atoms with Crippen molar-refractivity contribution >= 4 is 52.6 Å². The molecule has 2 aliphatic rings. The zero-order valence-electron chi connectivity index (χ0n) is 20.5. The molecule has 214 valence electrons. The number of aliphatic hydroxyl groups excluding tert-OH is 2. The molecule has 6 rings (SSSR count). The monoisotopic (exact) mass is 596 g/mol. The number of anilines is 2. The van der Waals surface area contributed by atoms with Gasteiger partial charge >= 0.3 is 6.72 Å². The molecule has 40 heavy (non-hydrogen) atoms. The topological polar surface area (TPSA) is 257 Å². The smallest absolute Gasteiger partial charge is 0.325 e. The summed E-state index contributed by atoms with van der Waals surface area (Å²) in [4.78, 5) is 45.9. The maximum absolute atomic E-state index is 12.2. The number of ether oxygens (including phenoxy) is 2. The van der Waals surface area contributed by atoms with E-state index in [0.29, 0.717) is 11.2 Å². The lowest BCUT2D eigenvalue weighted by Gasteiger charge is -2.25. The van der Waals surface area contributed by atoms with Gasteiger partial charge in [-0.05, 0) is 11.8 Å². The summed E-state index contributed by atoms with van der Waals surface area (Å²) in [6.45, 7) is -4.54. The van der Waals surface area contributed by atoms with E-state index in [1.165, 1.54) is 23.5 Å². The van der Waals surface area contributed by atoms with E-state index >= 15 is 0 Å². The van der Waals surface area contributed by atoms with Gasteiger partial charge in [-0.2, -0.15) is 4.98 Å². The van der Waals surface area contributed by atoms with E-state index in [-0.39, 0.29) is 49.0 Å². The maximum atomic E-state index is 12.2. The molecule has 4 aromatic heterocycles. The predicted molar refractivity (Wildman–Crippen MR) is 140 cm³/mol. The summed E-state index contributed by atoms with van der Waals surface area (Å²) < 4.78 is 26.2. The van der Waals surface area contributed by atoms with E-state index in [9.17, 15) is 19.9 Å². The van der Waals surface area contributed by atoms with Crippen LogP contribution in [-0.4, -0.2) is 91.8 Å². The number of H-pyrrole nitrogens is 1. The van der Waals surface area contributed by atoms with Crippen molar-refractivity contribution in [3.05, 3.63) is 29.3 Å². The van der Waals surface area contributed by atoms with E-state index in [0.717, 1.165) is 0 Å². The number of aromatic amines is 1. The van der Waals surface area contributed by atoms with Gasteiger partial charge in [-0.3, -0.25) is 18.9 Å². The first-order valence-corrected chi connectivity index (χ1v) is 14.6. The van der Waals surface area contributed by atoms with Crippen molar-refractivity contribution in [3.63, 3.8) is 0 Å². The van der Waals surface area contributed by atoms with Gasteiger partial charge < -0.3 is 45.1 Å². The van der Waals surface area contributed by atoms with E-state index in [2.05, 4.69) is 29.9 Å². The Labute approximate surface area is 229 Å². The number of fused-ring (bicyclic) bond motifs is 2. The average Bonchev–Trinajstić information content (AvgIpc) is 3.68. The Morgan fingerprint density at radius 1 is 1.12 bits per heavy atom. The molecular weight excluding hydrogens is 571 g/mol. The standard InChI is InChI=1S/C20H25N10O8PS/c21-15-13-16(24-5-23-15)29(6-25-13)12-2-9(32)11(37-12)4-35-39(34,40)38-10-1-8(3-31)36-19(10)30-7-26-14-17(30)27-20(22)28-18(14)33/h5-12,19,31-32H,1-4H2,(H,34,40)(H2,21,23,24)(H3,22,27,28,33)/t8-,9-,10+,11?,12+,19+,39?/m0/s1. The van der Waals surface area contributed by atoms with Gasteiger partial charge in [-0.1, -0.05) is 0 Å². The normalized spacial score (nSPS) is 28.5. The number of rotatable bonds is 8. The van der Waals surface area contributed by atoms with Crippen LogP contribution < -0.4 is 17.0 Å². The number of hydrogen-bond donors (Lipinski definition) is 6. The summed E-state index contributed by atoms with van der Waals surface area (Å²) in [6, 6.07) is 0. The van der Waals surface area contributed by atoms with Crippen LogP contribution in [0.25, 0.3) is 22.3 Å². The number of hydrogen-bond acceptors (Lipinski definition) is 15. The van der Waals surface area contributed by atoms with Crippen LogP contribution in [0.1, 0.15) is 25.3 Å². The predicted octanol–water partition coefficient (Wildman–Crippen LogP) is -1.33. The number of nitrogens with zero attached hydrogens (tertiary/aromatic N) is 7. The van der Waals surface area contributed by atoms with E-state index < -0.39 is 49.1 Å². The van der Waals surface area contributed by atoms with Crippen LogP contribution in [0.15, 0.2) is 23.8 Å². The minimum atomic E-state index is -3.92. The van der Waals surface area contributed by atoms with Crippen molar-refractivity contribution < 1.29 is 33.6 Å². The molecule has 2 fully saturated rings. The third kappa shape index (κ3) is 4.95. The fraction of sp³-hybridized carbons (Fsp3) is 0.500. The zero-order chi connectivity index (χ0) is 28.2. The Bertz CT molecular complexity index is 1660. The third-order valence-corrected chi connectivity index (χ3v) is 8.23. The molecule has 2 unspecified atom stereocenters. The highest BCUT2D eigenvalue weighted by Crippen LogP contribution is 2.50. The number of aliphatic hydroxyl groups is 2. The average molecular weight is 597 g/mol. The molecule has 0 aromatic carbocycles. The van der Waals surface area contributed by atoms with Crippen molar-refractivity contribution in [1.29, 1.82) is 0 Å². The molecule has 6 heterocycles. The molecule has 0 amide bonds. The first-order chi connectivity index (χ1) is 19.1. The fourth-order valence-corrected chi connectivity index (χ4v) is 6.23. The lowest BCUT2D eigenvalue weighted by Crippen LogP contribution is -2.27. The van der Waals surface area contributed by atoms with E-state index in [1.807, 2.05) is 0 Å². The van der Waals surface area contributed by atoms with Crippen molar-refractivity contribution in [1.82, 2.24) is 39.0 Å². The van der Waals surface area contributed by atoms with E-state index in [1.54, 1.807) is 4.57 Å². The van der Waals surface area contributed by atoms with Gasteiger partial charge in [-0.15, -0.1) is 0 Å². The summed E-state index contributed by atoms with van der Waals surface area (Å²) in [5.41, 5.74) is 12.0. The minimum Gasteiger partial charge on any atom is -0.394 e. The van der Waals surface area contributed by atoms with Gasteiger partial charge in [0, 0.05) is 12.8 Å². The molecule has 2 saturated heterocycles. The largest absolute Gasteiger partial charge is 0.394 e. The van der Waals surface area contributed by atoms with Crippen LogP contribution in [0.4, 0.5) is 11.8 Å². The summed E-state index contributed by atoms with van der Waals surface area (Å²) in [7, 11) is 0. The molecule has 0 radical (unpaired) electrons. The van der Waals surface area contributed by atoms with Gasteiger partial charge in [0.2, 0.25) is 5.95 Å². The van der Waals surface area contributed by atoms with Gasteiger partial charge in [0.25, 0.3) is 5.56 Å². The van der Waals surface area contributed by atoms with Crippen molar-refractivity contribution in [2.75, 3.05) is 24.7 Å². The SMILES string of the molecule is Nc1nc2c(ncn2[C@@H]2O[C@H](CO)C[C@H]2OP(O)(=S)OCC2O[C@@H](n3cnc4c(N)ncnc43)C[C@@H]2O)c(=O)[nH]1. The van der Waals surface area contributed by atoms with Crippen LogP contribution in [0, 0.1) is 0 Å². The van der Waals surface area contributed by atoms with Crippen LogP contribution in [0.2, 0.25) is 0 Å². The molecule has 0 saturated carbocycles. The zero-order valence-corrected chi connectivity index (χ0v) is 22.3. The maximum Gasteiger partial charge on any atom is 0.325 e. The molecular formula is C20H25N10O8PS. The highest BCUT2D eigenvalue weighted by atomic mass is 32.5. The van der Waals surface area contributed by atoms with Gasteiger partial charge in [0.1, 0.15) is 30.3 Å². The molecule has 0 aliphatic carbocycles. The third-order valence-electron chi connectivity index (χ3n) is 6.65. The summed E-state index contributed by atoms with van der Waals surface area (Å²) >= 11 is 5.24. The van der Waals surface area contributed by atoms with Crippen LogP contribution in [-0.2, 0) is 30.3 Å². The molecule has 8 N–H and O–H groups in total. The molecule has 2 aliphatic heterocycles. The Morgan fingerprint density at radius 2 is 1.90 bits per heavy atom. The number of nitrogen functional groups attached to an aromatic ring is 2. The lowest BCUT2D eigenvalue weighted by atomic mass is 10.2. The van der Waals surface area contributed by atoms with Crippen LogP contribution >= 0.6 is 6.72 Å². The number of aromatic nitrogens is 8. The second-order valence-corrected chi connectivity index (χ2v) is 12.1. The molecule has 0 bridgehead atoms. The molecule has 4 aromatic rings. The second-order valence-electron chi connectivity index (χ2n) is 9.27. The van der Waals surface area contributed by atoms with E-state index in [4.69, 9.17) is 41.8 Å². The first kappa shape index (κ1) is 27.1. The fourth-order valence-electron chi connectivity index (χ4n) is 4.79. The lowest BCUT2D eigenvalue weighted by molar-refractivity contribution is -0.0544. The van der Waals surface area contributed by atoms with Crippen LogP contribution in [0.3, 0.4) is 0 Å². The Kier molecular flexibility index (Phi) is 7.01. The number of nitrogens with two attached hydrogens (primary N) is 2. The second kappa shape index (κ2) is 10.4. The molecule has 0 spiro atoms. The highest BCUT2D eigenvalue weighted by molar-refractivity contribution is 8.07. The van der Waals surface area contributed by atoms with Crippen LogP contribution in [0.5, 0.6) is 0 Å². The first-order valence-electron chi connectivity index (χ1n) is 12.0. The van der Waals surface area contributed by atoms with Gasteiger partial charge in [-0.25, -0.2) is 19.9 Å². The summed E-state index contributed by atoms with van der Waals surface area (Å²) in [5, 5.41) is 20.3.